The molecule has 0 spiro atoms. The summed E-state index contributed by atoms with van der Waals surface area (Å²) in [6.45, 7) is 0.966. The molecule has 0 saturated heterocycles. The van der Waals surface area contributed by atoms with E-state index >= 15 is 0 Å². The highest BCUT2D eigenvalue weighted by atomic mass is 16.5. The normalized spacial score (nSPS) is 16.9. The van der Waals surface area contributed by atoms with Crippen molar-refractivity contribution in [2.75, 3.05) is 25.6 Å². The second-order valence-corrected chi connectivity index (χ2v) is 5.19. The van der Waals surface area contributed by atoms with Crippen molar-refractivity contribution < 1.29 is 4.74 Å². The highest BCUT2D eigenvalue weighted by Gasteiger charge is 2.24. The second-order valence-electron chi connectivity index (χ2n) is 5.19. The minimum absolute atomic E-state index is 0.113. The number of nitrogens with zero attached hydrogens (tertiary/aromatic N) is 2. The molecule has 1 atom stereocenters. The molecule has 2 heterocycles. The molecular formula is C18H18N2O. The molecule has 3 rings (SSSR count). The number of aromatic nitrogens is 1. The zero-order valence-electron chi connectivity index (χ0n) is 12.3. The number of ether oxygens (including phenoxy) is 1. The van der Waals surface area contributed by atoms with Gasteiger partial charge in [-0.3, -0.25) is 0 Å². The molecule has 3 heteroatoms. The van der Waals surface area contributed by atoms with Crippen LogP contribution in [0.4, 0.5) is 5.82 Å². The van der Waals surface area contributed by atoms with Crippen LogP contribution in [0.1, 0.15) is 29.2 Å². The van der Waals surface area contributed by atoms with E-state index in [2.05, 4.69) is 34.8 Å². The number of benzene rings is 1. The van der Waals surface area contributed by atoms with Gasteiger partial charge in [0.25, 0.3) is 0 Å². The zero-order chi connectivity index (χ0) is 14.7. The Morgan fingerprint density at radius 1 is 1.19 bits per heavy atom. The van der Waals surface area contributed by atoms with Gasteiger partial charge in [-0.1, -0.05) is 30.0 Å². The minimum Gasteiger partial charge on any atom is -0.377 e. The standard InChI is InChI=1S/C18H18N2O/c1-20-11-10-17(21-2)16-12-15(13-19-18(16)20)9-8-14-6-4-3-5-7-14/h3-7,12-13,17H,10-11H2,1-2H3. The maximum atomic E-state index is 5.57. The summed E-state index contributed by atoms with van der Waals surface area (Å²) in [5, 5.41) is 0. The van der Waals surface area contributed by atoms with E-state index in [1.165, 1.54) is 0 Å². The molecule has 1 aliphatic rings. The second kappa shape index (κ2) is 5.99. The van der Waals surface area contributed by atoms with Crippen LogP contribution in [0.5, 0.6) is 0 Å². The summed E-state index contributed by atoms with van der Waals surface area (Å²) in [6, 6.07) is 12.1. The average Bonchev–Trinajstić information content (AvgIpc) is 2.54. The first-order valence-corrected chi connectivity index (χ1v) is 7.09. The number of anilines is 1. The Morgan fingerprint density at radius 2 is 1.95 bits per heavy atom. The van der Waals surface area contributed by atoms with Gasteiger partial charge in [-0.15, -0.1) is 0 Å². The van der Waals surface area contributed by atoms with Gasteiger partial charge in [0, 0.05) is 43.6 Å². The molecule has 0 N–H and O–H groups in total. The largest absolute Gasteiger partial charge is 0.377 e. The van der Waals surface area contributed by atoms with Gasteiger partial charge in [0.1, 0.15) is 5.82 Å². The highest BCUT2D eigenvalue weighted by Crippen LogP contribution is 2.33. The van der Waals surface area contributed by atoms with Crippen LogP contribution >= 0.6 is 0 Å². The van der Waals surface area contributed by atoms with E-state index < -0.39 is 0 Å². The van der Waals surface area contributed by atoms with Gasteiger partial charge < -0.3 is 9.64 Å². The van der Waals surface area contributed by atoms with Crippen LogP contribution in [0, 0.1) is 11.8 Å². The first-order valence-electron chi connectivity index (χ1n) is 7.09. The molecule has 1 aromatic heterocycles. The van der Waals surface area contributed by atoms with Gasteiger partial charge in [-0.05, 0) is 24.6 Å². The Morgan fingerprint density at radius 3 is 2.71 bits per heavy atom. The lowest BCUT2D eigenvalue weighted by Gasteiger charge is -2.31. The Kier molecular flexibility index (Phi) is 3.89. The minimum atomic E-state index is 0.113. The molecule has 3 nitrogen and oxygen atoms in total. The molecule has 0 amide bonds. The number of pyridine rings is 1. The summed E-state index contributed by atoms with van der Waals surface area (Å²) in [5.74, 6) is 7.35. The lowest BCUT2D eigenvalue weighted by molar-refractivity contribution is 0.0937. The van der Waals surface area contributed by atoms with Crippen molar-refractivity contribution in [1.82, 2.24) is 4.98 Å². The van der Waals surface area contributed by atoms with Crippen LogP contribution in [0.15, 0.2) is 42.6 Å². The van der Waals surface area contributed by atoms with Gasteiger partial charge in [-0.2, -0.15) is 0 Å². The molecular weight excluding hydrogens is 260 g/mol. The summed E-state index contributed by atoms with van der Waals surface area (Å²) in [6.07, 6.45) is 2.93. The van der Waals surface area contributed by atoms with E-state index in [1.807, 2.05) is 36.5 Å². The van der Waals surface area contributed by atoms with Crippen molar-refractivity contribution >= 4 is 5.82 Å². The van der Waals surface area contributed by atoms with Crippen LogP contribution in [0.3, 0.4) is 0 Å². The maximum Gasteiger partial charge on any atom is 0.134 e. The molecule has 0 fully saturated rings. The summed E-state index contributed by atoms with van der Waals surface area (Å²) < 4.78 is 5.57. The van der Waals surface area contributed by atoms with E-state index in [4.69, 9.17) is 4.74 Å². The molecule has 2 aromatic rings. The topological polar surface area (TPSA) is 25.4 Å². The number of fused-ring (bicyclic) bond motifs is 1. The molecule has 0 radical (unpaired) electrons. The van der Waals surface area contributed by atoms with Crippen LogP contribution in [-0.4, -0.2) is 25.7 Å². The van der Waals surface area contributed by atoms with Gasteiger partial charge >= 0.3 is 0 Å². The van der Waals surface area contributed by atoms with E-state index in [0.29, 0.717) is 0 Å². The fraction of sp³-hybridized carbons (Fsp3) is 0.278. The van der Waals surface area contributed by atoms with Gasteiger partial charge in [0.15, 0.2) is 0 Å². The highest BCUT2D eigenvalue weighted by molar-refractivity contribution is 5.54. The Labute approximate surface area is 125 Å². The van der Waals surface area contributed by atoms with E-state index in [0.717, 1.165) is 35.5 Å². The van der Waals surface area contributed by atoms with Crippen molar-refractivity contribution in [1.29, 1.82) is 0 Å². The molecule has 0 aliphatic carbocycles. The van der Waals surface area contributed by atoms with Gasteiger partial charge in [0.05, 0.1) is 6.10 Å². The third-order valence-electron chi connectivity index (χ3n) is 3.74. The summed E-state index contributed by atoms with van der Waals surface area (Å²) >= 11 is 0. The number of hydrogen-bond donors (Lipinski definition) is 0. The number of hydrogen-bond acceptors (Lipinski definition) is 3. The van der Waals surface area contributed by atoms with Crippen LogP contribution in [-0.2, 0) is 4.74 Å². The molecule has 106 valence electrons. The average molecular weight is 278 g/mol. The predicted molar refractivity (Wildman–Crippen MR) is 84.3 cm³/mol. The Hall–Kier alpha value is -2.31. The SMILES string of the molecule is COC1CCN(C)c2ncc(C#Cc3ccccc3)cc21. The Bertz CT molecular complexity index is 685. The first-order chi connectivity index (χ1) is 10.3. The first kappa shape index (κ1) is 13.7. The third-order valence-corrected chi connectivity index (χ3v) is 3.74. The van der Waals surface area contributed by atoms with E-state index in [9.17, 15) is 0 Å². The van der Waals surface area contributed by atoms with Gasteiger partial charge in [0.2, 0.25) is 0 Å². The van der Waals surface area contributed by atoms with Crippen LogP contribution in [0.2, 0.25) is 0 Å². The number of methoxy groups -OCH3 is 1. The summed E-state index contributed by atoms with van der Waals surface area (Å²) in [4.78, 5) is 6.72. The lowest BCUT2D eigenvalue weighted by atomic mass is 10.0. The monoisotopic (exact) mass is 278 g/mol. The molecule has 1 unspecified atom stereocenters. The quantitative estimate of drug-likeness (QED) is 0.750. The van der Waals surface area contributed by atoms with E-state index in [-0.39, 0.29) is 6.10 Å². The molecule has 21 heavy (non-hydrogen) atoms. The van der Waals surface area contributed by atoms with Crippen molar-refractivity contribution in [3.63, 3.8) is 0 Å². The fourth-order valence-corrected chi connectivity index (χ4v) is 2.58. The Balaban J connectivity index is 1.94. The summed E-state index contributed by atoms with van der Waals surface area (Å²) in [7, 11) is 3.81. The summed E-state index contributed by atoms with van der Waals surface area (Å²) in [5.41, 5.74) is 3.07. The van der Waals surface area contributed by atoms with Crippen molar-refractivity contribution in [2.24, 2.45) is 0 Å². The molecule has 1 aliphatic heterocycles. The van der Waals surface area contributed by atoms with Crippen LogP contribution < -0.4 is 4.90 Å². The molecule has 1 aromatic carbocycles. The van der Waals surface area contributed by atoms with E-state index in [1.54, 1.807) is 7.11 Å². The fourth-order valence-electron chi connectivity index (χ4n) is 2.58. The zero-order valence-corrected chi connectivity index (χ0v) is 12.3. The molecule has 0 saturated carbocycles. The smallest absolute Gasteiger partial charge is 0.134 e. The number of rotatable bonds is 1. The van der Waals surface area contributed by atoms with Gasteiger partial charge in [-0.25, -0.2) is 4.98 Å². The van der Waals surface area contributed by atoms with Crippen LogP contribution in [0.25, 0.3) is 0 Å². The lowest BCUT2D eigenvalue weighted by Crippen LogP contribution is -2.29. The predicted octanol–water partition coefficient (Wildman–Crippen LogP) is 3.01. The molecule has 0 bridgehead atoms. The van der Waals surface area contributed by atoms with Crippen molar-refractivity contribution in [2.45, 2.75) is 12.5 Å². The van der Waals surface area contributed by atoms with Crippen molar-refractivity contribution in [3.8, 4) is 11.8 Å². The van der Waals surface area contributed by atoms with Crippen molar-refractivity contribution in [3.05, 3.63) is 59.3 Å². The third kappa shape index (κ3) is 2.91. The maximum absolute atomic E-state index is 5.57.